The van der Waals surface area contributed by atoms with Crippen molar-refractivity contribution in [1.29, 1.82) is 0 Å². The SMILES string of the molecule is O=C(COC(=O)CNS(=O)(=O)/C=C/c1ccccc1)Nc1ccc2c(c1)OC(F)(F)O2. The zero-order valence-electron chi connectivity index (χ0n) is 15.7. The molecule has 0 bridgehead atoms. The Labute approximate surface area is 175 Å². The van der Waals surface area contributed by atoms with Crippen LogP contribution >= 0.6 is 0 Å². The van der Waals surface area contributed by atoms with Crippen LogP contribution in [0.4, 0.5) is 14.5 Å². The van der Waals surface area contributed by atoms with Gasteiger partial charge in [0.05, 0.1) is 0 Å². The maximum Gasteiger partial charge on any atom is 0.586 e. The third-order valence-electron chi connectivity index (χ3n) is 3.71. The van der Waals surface area contributed by atoms with Crippen LogP contribution < -0.4 is 19.5 Å². The summed E-state index contributed by atoms with van der Waals surface area (Å²) in [5, 5.41) is 3.21. The summed E-state index contributed by atoms with van der Waals surface area (Å²) in [5.41, 5.74) is 0.757. The molecule has 0 aliphatic carbocycles. The van der Waals surface area contributed by atoms with E-state index in [-0.39, 0.29) is 17.2 Å². The fourth-order valence-corrected chi connectivity index (χ4v) is 3.11. The van der Waals surface area contributed by atoms with Gasteiger partial charge in [-0.15, -0.1) is 8.78 Å². The molecular formula is C19H16F2N2O7S. The van der Waals surface area contributed by atoms with Crippen LogP contribution in [0.2, 0.25) is 0 Å². The number of nitrogens with one attached hydrogen (secondary N) is 2. The van der Waals surface area contributed by atoms with Gasteiger partial charge in [-0.2, -0.15) is 0 Å². The number of hydrogen-bond donors (Lipinski definition) is 2. The predicted molar refractivity (Wildman–Crippen MR) is 105 cm³/mol. The second kappa shape index (κ2) is 9.10. The van der Waals surface area contributed by atoms with Crippen LogP contribution in [0.25, 0.3) is 6.08 Å². The summed E-state index contributed by atoms with van der Waals surface area (Å²) in [5.74, 6) is -2.22. The average molecular weight is 454 g/mol. The van der Waals surface area contributed by atoms with Crippen molar-refractivity contribution in [2.75, 3.05) is 18.5 Å². The molecular weight excluding hydrogens is 438 g/mol. The normalized spacial score (nSPS) is 14.4. The van der Waals surface area contributed by atoms with Crippen molar-refractivity contribution in [2.45, 2.75) is 6.29 Å². The van der Waals surface area contributed by atoms with Crippen molar-refractivity contribution in [1.82, 2.24) is 4.72 Å². The van der Waals surface area contributed by atoms with Crippen LogP contribution in [0.5, 0.6) is 11.5 Å². The van der Waals surface area contributed by atoms with Crippen LogP contribution in [-0.4, -0.2) is 39.7 Å². The molecule has 0 aromatic heterocycles. The number of benzene rings is 2. The molecule has 1 aliphatic heterocycles. The quantitative estimate of drug-likeness (QED) is 0.586. The molecule has 12 heteroatoms. The predicted octanol–water partition coefficient (Wildman–Crippen LogP) is 2.08. The first-order valence-corrected chi connectivity index (χ1v) is 10.2. The molecule has 0 atom stereocenters. The highest BCUT2D eigenvalue weighted by Gasteiger charge is 2.43. The van der Waals surface area contributed by atoms with E-state index in [2.05, 4.69) is 19.5 Å². The number of hydrogen-bond acceptors (Lipinski definition) is 7. The van der Waals surface area contributed by atoms with Gasteiger partial charge in [0, 0.05) is 17.2 Å². The van der Waals surface area contributed by atoms with E-state index in [0.29, 0.717) is 5.56 Å². The lowest BCUT2D eigenvalue weighted by Crippen LogP contribution is -2.31. The Hall–Kier alpha value is -3.51. The lowest BCUT2D eigenvalue weighted by molar-refractivity contribution is -0.286. The molecule has 0 fully saturated rings. The van der Waals surface area contributed by atoms with Gasteiger partial charge in [0.1, 0.15) is 6.54 Å². The van der Waals surface area contributed by atoms with E-state index in [4.69, 9.17) is 0 Å². The number of fused-ring (bicyclic) bond motifs is 1. The van der Waals surface area contributed by atoms with Crippen LogP contribution in [0.3, 0.4) is 0 Å². The maximum absolute atomic E-state index is 13.0. The molecule has 164 valence electrons. The highest BCUT2D eigenvalue weighted by Crippen LogP contribution is 2.42. The largest absolute Gasteiger partial charge is 0.586 e. The van der Waals surface area contributed by atoms with Crippen LogP contribution in [-0.2, 0) is 24.3 Å². The average Bonchev–Trinajstić information content (AvgIpc) is 3.03. The van der Waals surface area contributed by atoms with E-state index in [9.17, 15) is 26.8 Å². The molecule has 31 heavy (non-hydrogen) atoms. The number of carbonyl (C=O) groups excluding carboxylic acids is 2. The molecule has 9 nitrogen and oxygen atoms in total. The van der Waals surface area contributed by atoms with Gasteiger partial charge in [-0.05, 0) is 23.8 Å². The van der Waals surface area contributed by atoms with Crippen molar-refractivity contribution < 1.29 is 41.0 Å². The third-order valence-corrected chi connectivity index (χ3v) is 4.75. The van der Waals surface area contributed by atoms with Gasteiger partial charge in [0.15, 0.2) is 18.1 Å². The number of esters is 1. The van der Waals surface area contributed by atoms with Crippen molar-refractivity contribution in [3.8, 4) is 11.5 Å². The zero-order valence-corrected chi connectivity index (χ0v) is 16.5. The summed E-state index contributed by atoms with van der Waals surface area (Å²) >= 11 is 0. The molecule has 1 heterocycles. The zero-order chi connectivity index (χ0) is 22.5. The Kier molecular flexibility index (Phi) is 6.51. The number of amides is 1. The molecule has 2 aromatic rings. The molecule has 3 rings (SSSR count). The third kappa shape index (κ3) is 6.76. The Balaban J connectivity index is 1.42. The number of sulfonamides is 1. The molecule has 0 radical (unpaired) electrons. The minimum absolute atomic E-state index is 0.104. The molecule has 2 aromatic carbocycles. The van der Waals surface area contributed by atoms with Crippen LogP contribution in [0.15, 0.2) is 53.9 Å². The Morgan fingerprint density at radius 3 is 2.52 bits per heavy atom. The first-order valence-electron chi connectivity index (χ1n) is 8.70. The first kappa shape index (κ1) is 22.2. The van der Waals surface area contributed by atoms with E-state index < -0.39 is 41.3 Å². The standard InChI is InChI=1S/C19H16F2N2O7S/c20-19(21)29-15-7-6-14(10-16(15)30-19)23-17(24)12-28-18(25)11-22-31(26,27)9-8-13-4-2-1-3-5-13/h1-10,22H,11-12H2,(H,23,24)/b9-8+. The van der Waals surface area contributed by atoms with Gasteiger partial charge in [-0.3, -0.25) is 9.59 Å². The van der Waals surface area contributed by atoms with Crippen molar-refractivity contribution in [3.63, 3.8) is 0 Å². The minimum atomic E-state index is -3.90. The highest BCUT2D eigenvalue weighted by molar-refractivity contribution is 7.92. The van der Waals surface area contributed by atoms with E-state index in [1.165, 1.54) is 18.2 Å². The Morgan fingerprint density at radius 1 is 1.06 bits per heavy atom. The number of carbonyl (C=O) groups is 2. The smallest absolute Gasteiger partial charge is 0.455 e. The summed E-state index contributed by atoms with van der Waals surface area (Å²) in [6, 6.07) is 12.2. The summed E-state index contributed by atoms with van der Waals surface area (Å²) in [6.07, 6.45) is -2.44. The van der Waals surface area contributed by atoms with Gasteiger partial charge in [-0.25, -0.2) is 13.1 Å². The van der Waals surface area contributed by atoms with Gasteiger partial charge in [-0.1, -0.05) is 30.3 Å². The van der Waals surface area contributed by atoms with E-state index in [0.717, 1.165) is 11.5 Å². The summed E-state index contributed by atoms with van der Waals surface area (Å²) < 4.78 is 64.9. The number of anilines is 1. The maximum atomic E-state index is 13.0. The van der Waals surface area contributed by atoms with Crippen molar-refractivity contribution in [2.24, 2.45) is 0 Å². The van der Waals surface area contributed by atoms with E-state index in [1.807, 2.05) is 4.72 Å². The first-order chi connectivity index (χ1) is 14.6. The summed E-state index contributed by atoms with van der Waals surface area (Å²) in [7, 11) is -3.90. The molecule has 1 aliphatic rings. The minimum Gasteiger partial charge on any atom is -0.455 e. The molecule has 0 saturated carbocycles. The second-order valence-electron chi connectivity index (χ2n) is 6.12. The van der Waals surface area contributed by atoms with Gasteiger partial charge >= 0.3 is 12.3 Å². The molecule has 0 spiro atoms. The van der Waals surface area contributed by atoms with Gasteiger partial charge in [0.2, 0.25) is 10.0 Å². The fourth-order valence-electron chi connectivity index (χ4n) is 2.36. The lowest BCUT2D eigenvalue weighted by atomic mass is 10.2. The fraction of sp³-hybridized carbons (Fsp3) is 0.158. The summed E-state index contributed by atoms with van der Waals surface area (Å²) in [4.78, 5) is 23.5. The number of ether oxygens (including phenoxy) is 3. The van der Waals surface area contributed by atoms with Gasteiger partial charge < -0.3 is 19.5 Å². The second-order valence-corrected chi connectivity index (χ2v) is 7.77. The number of alkyl halides is 2. The number of rotatable bonds is 8. The van der Waals surface area contributed by atoms with Gasteiger partial charge in [0.25, 0.3) is 5.91 Å². The van der Waals surface area contributed by atoms with E-state index in [1.54, 1.807) is 30.3 Å². The lowest BCUT2D eigenvalue weighted by Gasteiger charge is -2.07. The Morgan fingerprint density at radius 2 is 1.77 bits per heavy atom. The number of halogens is 2. The molecule has 0 saturated heterocycles. The molecule has 2 N–H and O–H groups in total. The monoisotopic (exact) mass is 454 g/mol. The van der Waals surface area contributed by atoms with Crippen molar-refractivity contribution >= 4 is 33.7 Å². The summed E-state index contributed by atoms with van der Waals surface area (Å²) in [6.45, 7) is -1.40. The highest BCUT2D eigenvalue weighted by atomic mass is 32.2. The molecule has 0 unspecified atom stereocenters. The van der Waals surface area contributed by atoms with Crippen LogP contribution in [0.1, 0.15) is 5.56 Å². The van der Waals surface area contributed by atoms with Crippen LogP contribution in [0, 0.1) is 0 Å². The molecule has 1 amide bonds. The van der Waals surface area contributed by atoms with E-state index >= 15 is 0 Å². The Bertz CT molecular complexity index is 1110. The van der Waals surface area contributed by atoms with Crippen molar-refractivity contribution in [3.05, 3.63) is 59.5 Å². The topological polar surface area (TPSA) is 120 Å².